The minimum Gasteiger partial charge on any atom is -0.445 e. The van der Waals surface area contributed by atoms with E-state index in [-0.39, 0.29) is 63.4 Å². The minimum atomic E-state index is -0.597. The number of hydrogen-bond donors (Lipinski definition) is 1. The number of fused-ring (bicyclic) bond motifs is 7. The lowest BCUT2D eigenvalue weighted by Crippen LogP contribution is -2.68. The van der Waals surface area contributed by atoms with Gasteiger partial charge >= 0.3 is 6.09 Å². The molecule has 1 N–H and O–H groups in total. The number of alkyl carbamates (subject to hydrolysis) is 1. The maximum Gasteiger partial charge on any atom is 0.407 e. The summed E-state index contributed by atoms with van der Waals surface area (Å²) in [6, 6.07) is 2.24. The molecule has 0 aromatic heterocycles. The molecular weight excluding hydrogens is 496 g/mol. The lowest BCUT2D eigenvalue weighted by molar-refractivity contribution is -0.139. The van der Waals surface area contributed by atoms with E-state index in [9.17, 15) is 14.9 Å². The molecule has 0 bridgehead atoms. The van der Waals surface area contributed by atoms with E-state index >= 15 is 0 Å². The van der Waals surface area contributed by atoms with Gasteiger partial charge in [0.1, 0.15) is 12.7 Å². The monoisotopic (exact) mass is 544 g/mol. The van der Waals surface area contributed by atoms with E-state index in [4.69, 9.17) is 11.3 Å². The van der Waals surface area contributed by atoms with E-state index in [1.807, 2.05) is 19.9 Å². The van der Waals surface area contributed by atoms with Crippen LogP contribution in [0.5, 0.6) is 0 Å². The second-order valence-electron chi connectivity index (χ2n) is 15.6. The van der Waals surface area contributed by atoms with Crippen molar-refractivity contribution in [1.82, 2.24) is 5.32 Å². The molecule has 0 heterocycles. The summed E-state index contributed by atoms with van der Waals surface area (Å²) in [6.45, 7) is 24.6. The predicted molar refractivity (Wildman–Crippen MR) is 158 cm³/mol. The van der Waals surface area contributed by atoms with Crippen molar-refractivity contribution in [2.45, 2.75) is 99.0 Å². The molecule has 0 saturated heterocycles. The summed E-state index contributed by atoms with van der Waals surface area (Å²) in [5, 5.41) is 13.3. The number of Topliss-reactive ketones (excluding diaryl/α,β-unsaturated/α-hetero) is 1. The van der Waals surface area contributed by atoms with Crippen molar-refractivity contribution < 1.29 is 14.3 Å². The highest BCUT2D eigenvalue weighted by Crippen LogP contribution is 2.74. The zero-order chi connectivity index (χ0) is 29.5. The van der Waals surface area contributed by atoms with Gasteiger partial charge in [0.2, 0.25) is 0 Å². The Hall–Kier alpha value is -2.61. The van der Waals surface area contributed by atoms with E-state index in [1.165, 1.54) is 5.57 Å². The number of carbonyl (C=O) groups is 2. The van der Waals surface area contributed by atoms with Gasteiger partial charge < -0.3 is 10.1 Å². The molecule has 216 valence electrons. The number of ether oxygens (including phenoxy) is 1. The fourth-order valence-electron chi connectivity index (χ4n) is 10.4. The highest BCUT2D eigenvalue weighted by Gasteiger charge is 2.69. The van der Waals surface area contributed by atoms with Crippen LogP contribution in [0.3, 0.4) is 0 Å². The number of amides is 1. The van der Waals surface area contributed by atoms with Gasteiger partial charge in [0.15, 0.2) is 5.78 Å². The number of nitrogens with zero attached hydrogens (tertiary/aromatic N) is 1. The summed E-state index contributed by atoms with van der Waals surface area (Å²) >= 11 is 0. The smallest absolute Gasteiger partial charge is 0.407 e. The summed E-state index contributed by atoms with van der Waals surface area (Å²) in [5.41, 5.74) is 1.45. The zero-order valence-corrected chi connectivity index (χ0v) is 25.7. The summed E-state index contributed by atoms with van der Waals surface area (Å²) in [6.07, 6.45) is 12.4. The molecule has 7 atom stereocenters. The Bertz CT molecular complexity index is 1280. The van der Waals surface area contributed by atoms with Gasteiger partial charge in [0.05, 0.1) is 5.57 Å². The third-order valence-electron chi connectivity index (χ3n) is 12.7. The zero-order valence-electron chi connectivity index (χ0n) is 25.7. The van der Waals surface area contributed by atoms with Crippen molar-refractivity contribution in [3.05, 3.63) is 48.1 Å². The highest BCUT2D eigenvalue weighted by atomic mass is 16.5. The van der Waals surface area contributed by atoms with Crippen LogP contribution in [0.15, 0.2) is 48.1 Å². The number of hydrogen-bond acceptors (Lipinski definition) is 4. The third-order valence-corrected chi connectivity index (χ3v) is 12.7. The first-order valence-electron chi connectivity index (χ1n) is 15.2. The van der Waals surface area contributed by atoms with Crippen LogP contribution in [0.1, 0.15) is 93.4 Å². The average molecular weight is 545 g/mol. The van der Waals surface area contributed by atoms with Crippen molar-refractivity contribution in [2.75, 3.05) is 6.61 Å². The summed E-state index contributed by atoms with van der Waals surface area (Å²) < 4.78 is 5.44. The van der Waals surface area contributed by atoms with Crippen LogP contribution in [0.25, 0.3) is 0 Å². The second-order valence-corrected chi connectivity index (χ2v) is 15.6. The topological polar surface area (TPSA) is 79.2 Å². The fourth-order valence-corrected chi connectivity index (χ4v) is 10.4. The number of ketones is 1. The molecule has 0 spiro atoms. The van der Waals surface area contributed by atoms with Crippen LogP contribution in [0.2, 0.25) is 0 Å². The minimum absolute atomic E-state index is 0.0262. The van der Waals surface area contributed by atoms with E-state index in [2.05, 4.69) is 58.7 Å². The summed E-state index contributed by atoms with van der Waals surface area (Å²) in [4.78, 5) is 26.3. The molecular formula is C35H48N2O3. The van der Waals surface area contributed by atoms with Crippen molar-refractivity contribution in [1.29, 1.82) is 5.26 Å². The van der Waals surface area contributed by atoms with Crippen molar-refractivity contribution in [3.63, 3.8) is 0 Å². The van der Waals surface area contributed by atoms with Gasteiger partial charge in [0, 0.05) is 16.4 Å². The molecule has 0 aromatic carbocycles. The second kappa shape index (κ2) is 8.94. The Kier molecular flexibility index (Phi) is 6.46. The molecule has 2 unspecified atom stereocenters. The molecule has 0 radical (unpaired) electrons. The Morgan fingerprint density at radius 1 is 1.12 bits per heavy atom. The van der Waals surface area contributed by atoms with Gasteiger partial charge in [-0.05, 0) is 78.9 Å². The maximum atomic E-state index is 13.3. The SMILES string of the molecule is C=CCOC(=O)N[C@]12CCC(C)(C)CC1C1C(=C)C=C3[C@@]4(C)C=C(C#N)C(=O)C(C)(C)[C@@H]4CC[C@@]3(C)[C@]1(C)CC2. The van der Waals surface area contributed by atoms with Gasteiger partial charge in [-0.25, -0.2) is 4.79 Å². The molecule has 5 aliphatic carbocycles. The quantitative estimate of drug-likeness (QED) is 0.367. The molecule has 40 heavy (non-hydrogen) atoms. The number of nitrogens with one attached hydrogen (secondary N) is 1. The molecule has 0 aromatic rings. The van der Waals surface area contributed by atoms with Gasteiger partial charge in [-0.15, -0.1) is 0 Å². The molecule has 5 rings (SSSR count). The molecule has 5 aliphatic rings. The largest absolute Gasteiger partial charge is 0.445 e. The van der Waals surface area contributed by atoms with E-state index in [0.717, 1.165) is 50.5 Å². The lowest BCUT2D eigenvalue weighted by atomic mass is 9.34. The number of allylic oxidation sites excluding steroid dienone is 5. The Morgan fingerprint density at radius 3 is 2.45 bits per heavy atom. The van der Waals surface area contributed by atoms with E-state index < -0.39 is 5.41 Å². The first kappa shape index (κ1) is 28.9. The van der Waals surface area contributed by atoms with Crippen LogP contribution in [0, 0.1) is 56.2 Å². The lowest BCUT2D eigenvalue weighted by Gasteiger charge is -2.70. The van der Waals surface area contributed by atoms with Gasteiger partial charge in [-0.3, -0.25) is 4.79 Å². The van der Waals surface area contributed by atoms with E-state index in [1.54, 1.807) is 6.08 Å². The molecule has 0 aliphatic heterocycles. The molecule has 3 saturated carbocycles. The predicted octanol–water partition coefficient (Wildman–Crippen LogP) is 7.86. The normalized spacial score (nSPS) is 42.9. The number of carbonyl (C=O) groups excluding carboxylic acids is 2. The third kappa shape index (κ3) is 3.77. The van der Waals surface area contributed by atoms with Crippen LogP contribution in [-0.4, -0.2) is 24.0 Å². The number of nitriles is 1. The van der Waals surface area contributed by atoms with E-state index in [0.29, 0.717) is 5.57 Å². The Labute approximate surface area is 241 Å². The van der Waals surface area contributed by atoms with Crippen molar-refractivity contribution in [2.24, 2.45) is 44.8 Å². The van der Waals surface area contributed by atoms with Gasteiger partial charge in [-0.2, -0.15) is 5.26 Å². The molecule has 5 heteroatoms. The van der Waals surface area contributed by atoms with Gasteiger partial charge in [0.25, 0.3) is 0 Å². The highest BCUT2D eigenvalue weighted by molar-refractivity contribution is 6.04. The first-order valence-corrected chi connectivity index (χ1v) is 15.2. The Balaban J connectivity index is 1.64. The molecule has 5 nitrogen and oxygen atoms in total. The fraction of sp³-hybridized carbons (Fsp3) is 0.686. The van der Waals surface area contributed by atoms with Gasteiger partial charge in [-0.1, -0.05) is 91.0 Å². The molecule has 3 fully saturated rings. The molecule has 1 amide bonds. The average Bonchev–Trinajstić information content (AvgIpc) is 2.87. The Morgan fingerprint density at radius 2 is 1.80 bits per heavy atom. The van der Waals surface area contributed by atoms with Crippen molar-refractivity contribution in [3.8, 4) is 6.07 Å². The van der Waals surface area contributed by atoms with Crippen LogP contribution < -0.4 is 5.32 Å². The van der Waals surface area contributed by atoms with Crippen LogP contribution in [-0.2, 0) is 9.53 Å². The standard InChI is InChI=1S/C35H48N2O3/c1-10-17-40-29(39)37-35-15-13-30(3,4)20-24(35)27-22(2)18-26-32(7)19-23(21-36)28(38)31(5,6)25(32)11-12-33(26,8)34(27,9)14-16-35/h10,18-19,24-25,27H,1-2,11-17,20H2,3-9H3,(H,37,39)/t24?,25-,27?,32-,33+,34+,35-/m0/s1. The maximum absolute atomic E-state index is 13.3. The summed E-state index contributed by atoms with van der Waals surface area (Å²) in [5.74, 6) is 0.566. The van der Waals surface area contributed by atoms with Crippen LogP contribution in [0.4, 0.5) is 4.79 Å². The van der Waals surface area contributed by atoms with Crippen molar-refractivity contribution >= 4 is 11.9 Å². The first-order chi connectivity index (χ1) is 18.5. The number of rotatable bonds is 3. The summed E-state index contributed by atoms with van der Waals surface area (Å²) in [7, 11) is 0. The van der Waals surface area contributed by atoms with Crippen LogP contribution >= 0.6 is 0 Å².